The highest BCUT2D eigenvalue weighted by Crippen LogP contribution is 2.27. The molecule has 5 nitrogen and oxygen atoms in total. The molecule has 2 heterocycles. The molecule has 0 radical (unpaired) electrons. The van der Waals surface area contributed by atoms with Crippen LogP contribution >= 0.6 is 0 Å². The van der Waals surface area contributed by atoms with Crippen LogP contribution in [0.5, 0.6) is 11.5 Å². The van der Waals surface area contributed by atoms with Crippen LogP contribution in [0.25, 0.3) is 0 Å². The molecule has 0 unspecified atom stereocenters. The van der Waals surface area contributed by atoms with E-state index >= 15 is 0 Å². The van der Waals surface area contributed by atoms with E-state index in [4.69, 9.17) is 9.47 Å². The molecule has 5 heteroatoms. The van der Waals surface area contributed by atoms with Crippen molar-refractivity contribution in [2.45, 2.75) is 32.1 Å². The number of hydrogen-bond donors (Lipinski definition) is 0. The lowest BCUT2D eigenvalue weighted by Crippen LogP contribution is -2.43. The highest BCUT2D eigenvalue weighted by molar-refractivity contribution is 5.95. The number of ether oxygens (including phenoxy) is 2. The maximum absolute atomic E-state index is 13.0. The van der Waals surface area contributed by atoms with Crippen molar-refractivity contribution in [1.82, 2.24) is 9.80 Å². The molecular weight excluding hydrogens is 400 g/mol. The molecule has 2 aliphatic heterocycles. The number of hydrogen-bond acceptors (Lipinski definition) is 4. The van der Waals surface area contributed by atoms with E-state index in [2.05, 4.69) is 35.2 Å². The summed E-state index contributed by atoms with van der Waals surface area (Å²) in [6.45, 7) is 5.24. The maximum Gasteiger partial charge on any atom is 0.254 e. The second-order valence-electron chi connectivity index (χ2n) is 9.27. The first-order chi connectivity index (χ1) is 15.6. The Labute approximate surface area is 192 Å². The van der Waals surface area contributed by atoms with Crippen LogP contribution in [0.4, 0.5) is 0 Å². The van der Waals surface area contributed by atoms with E-state index in [0.717, 1.165) is 31.8 Å². The van der Waals surface area contributed by atoms with Crippen LogP contribution in [-0.4, -0.2) is 62.7 Å². The van der Waals surface area contributed by atoms with Gasteiger partial charge >= 0.3 is 0 Å². The Morgan fingerprint density at radius 1 is 0.844 bits per heavy atom. The molecule has 0 atom stereocenters. The number of methoxy groups -OCH3 is 2. The number of rotatable bonds is 7. The van der Waals surface area contributed by atoms with Gasteiger partial charge < -0.3 is 19.3 Å². The van der Waals surface area contributed by atoms with Gasteiger partial charge in [0.2, 0.25) is 0 Å². The fourth-order valence-electron chi connectivity index (χ4n) is 5.12. The first-order valence-electron chi connectivity index (χ1n) is 11.9. The minimum atomic E-state index is 0.0716. The van der Waals surface area contributed by atoms with Crippen LogP contribution in [0.1, 0.15) is 41.6 Å². The van der Waals surface area contributed by atoms with Crippen molar-refractivity contribution in [2.75, 3.05) is 46.9 Å². The minimum Gasteiger partial charge on any atom is -0.497 e. The molecular formula is C27H36N2O3. The van der Waals surface area contributed by atoms with Gasteiger partial charge in [-0.3, -0.25) is 4.79 Å². The van der Waals surface area contributed by atoms with Crippen LogP contribution in [0.2, 0.25) is 0 Å². The van der Waals surface area contributed by atoms with Gasteiger partial charge in [-0.25, -0.2) is 0 Å². The van der Waals surface area contributed by atoms with Crippen molar-refractivity contribution in [3.05, 3.63) is 59.7 Å². The fraction of sp³-hybridized carbons (Fsp3) is 0.519. The molecule has 2 saturated heterocycles. The summed E-state index contributed by atoms with van der Waals surface area (Å²) in [5, 5.41) is 0. The van der Waals surface area contributed by atoms with Crippen molar-refractivity contribution in [3.8, 4) is 11.5 Å². The van der Waals surface area contributed by atoms with Gasteiger partial charge in [0.15, 0.2) is 0 Å². The van der Waals surface area contributed by atoms with Crippen LogP contribution in [0.15, 0.2) is 48.5 Å². The summed E-state index contributed by atoms with van der Waals surface area (Å²) in [6.07, 6.45) is 5.96. The molecule has 4 rings (SSSR count). The van der Waals surface area contributed by atoms with E-state index in [9.17, 15) is 4.79 Å². The summed E-state index contributed by atoms with van der Waals surface area (Å²) < 4.78 is 10.6. The van der Waals surface area contributed by atoms with Gasteiger partial charge in [-0.1, -0.05) is 30.3 Å². The summed E-state index contributed by atoms with van der Waals surface area (Å²) in [6, 6.07) is 16.3. The lowest BCUT2D eigenvalue weighted by molar-refractivity contribution is 0.0651. The molecule has 0 saturated carbocycles. The molecule has 0 bridgehead atoms. The summed E-state index contributed by atoms with van der Waals surface area (Å²) in [5.74, 6) is 2.87. The predicted molar refractivity (Wildman–Crippen MR) is 127 cm³/mol. The number of carbonyl (C=O) groups is 1. The Morgan fingerprint density at radius 2 is 1.44 bits per heavy atom. The zero-order valence-electron chi connectivity index (χ0n) is 19.5. The third-order valence-corrected chi connectivity index (χ3v) is 7.09. The van der Waals surface area contributed by atoms with E-state index in [1.807, 2.05) is 4.90 Å². The van der Waals surface area contributed by atoms with Gasteiger partial charge in [-0.15, -0.1) is 0 Å². The Morgan fingerprint density at radius 3 is 2.03 bits per heavy atom. The first-order valence-corrected chi connectivity index (χ1v) is 11.9. The third-order valence-electron chi connectivity index (χ3n) is 7.09. The van der Waals surface area contributed by atoms with E-state index in [1.54, 1.807) is 32.4 Å². The zero-order chi connectivity index (χ0) is 22.3. The molecule has 32 heavy (non-hydrogen) atoms. The topological polar surface area (TPSA) is 42.0 Å². The van der Waals surface area contributed by atoms with Crippen molar-refractivity contribution in [3.63, 3.8) is 0 Å². The van der Waals surface area contributed by atoms with Crippen molar-refractivity contribution in [1.29, 1.82) is 0 Å². The average molecular weight is 437 g/mol. The molecule has 172 valence electrons. The van der Waals surface area contributed by atoms with Gasteiger partial charge in [0.1, 0.15) is 11.5 Å². The van der Waals surface area contributed by atoms with Crippen LogP contribution in [0, 0.1) is 11.8 Å². The highest BCUT2D eigenvalue weighted by atomic mass is 16.5. The van der Waals surface area contributed by atoms with Gasteiger partial charge in [-0.05, 0) is 74.7 Å². The van der Waals surface area contributed by atoms with Crippen molar-refractivity contribution in [2.24, 2.45) is 11.8 Å². The molecule has 2 aromatic carbocycles. The predicted octanol–water partition coefficient (Wildman–Crippen LogP) is 4.51. The smallest absolute Gasteiger partial charge is 0.254 e. The number of carbonyl (C=O) groups excluding carboxylic acids is 1. The lowest BCUT2D eigenvalue weighted by atomic mass is 9.89. The summed E-state index contributed by atoms with van der Waals surface area (Å²) in [7, 11) is 3.22. The average Bonchev–Trinajstić information content (AvgIpc) is 2.85. The van der Waals surface area contributed by atoms with Crippen molar-refractivity contribution < 1.29 is 14.3 Å². The van der Waals surface area contributed by atoms with Crippen LogP contribution < -0.4 is 9.47 Å². The quantitative estimate of drug-likeness (QED) is 0.640. The normalized spacial score (nSPS) is 18.5. The van der Waals surface area contributed by atoms with Crippen LogP contribution in [0.3, 0.4) is 0 Å². The van der Waals surface area contributed by atoms with Gasteiger partial charge in [0, 0.05) is 31.3 Å². The van der Waals surface area contributed by atoms with Crippen molar-refractivity contribution >= 4 is 5.91 Å². The second kappa shape index (κ2) is 10.9. The summed E-state index contributed by atoms with van der Waals surface area (Å²) in [4.78, 5) is 17.7. The number of amides is 1. The molecule has 0 aromatic heterocycles. The molecule has 1 amide bonds. The molecule has 0 aliphatic carbocycles. The number of piperidine rings is 2. The lowest BCUT2D eigenvalue weighted by Gasteiger charge is -2.37. The Hall–Kier alpha value is -2.53. The highest BCUT2D eigenvalue weighted by Gasteiger charge is 2.27. The second-order valence-corrected chi connectivity index (χ2v) is 9.27. The Bertz CT molecular complexity index is 847. The zero-order valence-corrected chi connectivity index (χ0v) is 19.5. The Balaban J connectivity index is 1.22. The van der Waals surface area contributed by atoms with E-state index < -0.39 is 0 Å². The standard InChI is InChI=1S/C27H36N2O3/c1-31-25-17-24(18-26(19-25)32-2)27(30)29-14-10-23(11-15-29)20-28-12-8-22(9-13-28)16-21-6-4-3-5-7-21/h3-7,17-19,22-23H,8-16,20H2,1-2H3. The molecule has 2 fully saturated rings. The fourth-order valence-corrected chi connectivity index (χ4v) is 5.12. The monoisotopic (exact) mass is 436 g/mol. The summed E-state index contributed by atoms with van der Waals surface area (Å²) >= 11 is 0. The Kier molecular flexibility index (Phi) is 7.69. The van der Waals surface area contributed by atoms with Gasteiger partial charge in [-0.2, -0.15) is 0 Å². The number of likely N-dealkylation sites (tertiary alicyclic amines) is 2. The number of benzene rings is 2. The van der Waals surface area contributed by atoms with Gasteiger partial charge in [0.25, 0.3) is 5.91 Å². The molecule has 2 aromatic rings. The largest absolute Gasteiger partial charge is 0.497 e. The molecule has 0 spiro atoms. The SMILES string of the molecule is COc1cc(OC)cc(C(=O)N2CCC(CN3CCC(Cc4ccccc4)CC3)CC2)c1. The molecule has 2 aliphatic rings. The summed E-state index contributed by atoms with van der Waals surface area (Å²) in [5.41, 5.74) is 2.11. The van der Waals surface area contributed by atoms with E-state index in [-0.39, 0.29) is 5.91 Å². The maximum atomic E-state index is 13.0. The van der Waals surface area contributed by atoms with E-state index in [1.165, 1.54) is 44.5 Å². The first kappa shape index (κ1) is 22.7. The minimum absolute atomic E-state index is 0.0716. The van der Waals surface area contributed by atoms with Crippen LogP contribution in [-0.2, 0) is 6.42 Å². The number of nitrogens with zero attached hydrogens (tertiary/aromatic N) is 2. The van der Waals surface area contributed by atoms with Gasteiger partial charge in [0.05, 0.1) is 14.2 Å². The molecule has 0 N–H and O–H groups in total. The van der Waals surface area contributed by atoms with E-state index in [0.29, 0.717) is 23.0 Å². The third kappa shape index (κ3) is 5.83.